The third-order valence-electron chi connectivity index (χ3n) is 5.16. The molecule has 2 heterocycles. The van der Waals surface area contributed by atoms with Gasteiger partial charge in [-0.05, 0) is 62.9 Å². The summed E-state index contributed by atoms with van der Waals surface area (Å²) in [5.74, 6) is 0.666. The molecule has 0 unspecified atom stereocenters. The van der Waals surface area contributed by atoms with Crippen molar-refractivity contribution < 1.29 is 9.90 Å². The van der Waals surface area contributed by atoms with Crippen LogP contribution in [-0.2, 0) is 0 Å². The Morgan fingerprint density at radius 1 is 1.23 bits per heavy atom. The van der Waals surface area contributed by atoms with E-state index in [4.69, 9.17) is 0 Å². The summed E-state index contributed by atoms with van der Waals surface area (Å²) in [5.41, 5.74) is 5.84. The van der Waals surface area contributed by atoms with Gasteiger partial charge in [0.15, 0.2) is 0 Å². The van der Waals surface area contributed by atoms with Crippen LogP contribution in [0, 0.1) is 6.92 Å². The number of aliphatic hydroxyl groups is 1. The number of anilines is 1. The van der Waals surface area contributed by atoms with E-state index in [-0.39, 0.29) is 12.5 Å². The van der Waals surface area contributed by atoms with Crippen LogP contribution in [0.2, 0.25) is 0 Å². The van der Waals surface area contributed by atoms with E-state index < -0.39 is 5.54 Å². The van der Waals surface area contributed by atoms with Crippen LogP contribution in [0.5, 0.6) is 0 Å². The van der Waals surface area contributed by atoms with E-state index in [0.717, 1.165) is 40.0 Å². The Morgan fingerprint density at radius 2 is 2.03 bits per heavy atom. The van der Waals surface area contributed by atoms with Crippen molar-refractivity contribution in [1.82, 2.24) is 15.3 Å². The molecular weight excluding hydrogens is 396 g/mol. The molecule has 30 heavy (non-hydrogen) atoms. The van der Waals surface area contributed by atoms with Gasteiger partial charge in [0.2, 0.25) is 0 Å². The number of benzene rings is 1. The summed E-state index contributed by atoms with van der Waals surface area (Å²) >= 11 is 1.54. The zero-order valence-corrected chi connectivity index (χ0v) is 18.2. The van der Waals surface area contributed by atoms with Crippen molar-refractivity contribution in [3.05, 3.63) is 53.3 Å². The first-order chi connectivity index (χ1) is 14.4. The second-order valence-electron chi connectivity index (χ2n) is 8.43. The maximum atomic E-state index is 12.5. The van der Waals surface area contributed by atoms with E-state index >= 15 is 0 Å². The Balaban J connectivity index is 1.74. The van der Waals surface area contributed by atoms with Gasteiger partial charge in [0, 0.05) is 35.1 Å². The number of aliphatic hydroxyl groups excluding tert-OH is 1. The van der Waals surface area contributed by atoms with Crippen molar-refractivity contribution in [2.75, 3.05) is 11.9 Å². The molecule has 1 aliphatic carbocycles. The zero-order chi connectivity index (χ0) is 21.3. The quantitative estimate of drug-likeness (QED) is 0.530. The molecule has 1 aromatic carbocycles. The zero-order valence-electron chi connectivity index (χ0n) is 17.4. The van der Waals surface area contributed by atoms with Crippen molar-refractivity contribution in [2.45, 2.75) is 45.2 Å². The van der Waals surface area contributed by atoms with Gasteiger partial charge in [-0.25, -0.2) is 4.98 Å². The fourth-order valence-electron chi connectivity index (χ4n) is 3.18. The predicted molar refractivity (Wildman–Crippen MR) is 121 cm³/mol. The summed E-state index contributed by atoms with van der Waals surface area (Å²) in [5, 5.41) is 16.0. The lowest BCUT2D eigenvalue weighted by atomic mass is 9.97. The Hall–Kier alpha value is -2.77. The number of carbonyl (C=O) groups is 1. The molecule has 4 rings (SSSR count). The van der Waals surface area contributed by atoms with Gasteiger partial charge in [0.25, 0.3) is 5.91 Å². The third kappa shape index (κ3) is 4.52. The van der Waals surface area contributed by atoms with Crippen LogP contribution in [0.1, 0.15) is 42.6 Å². The minimum Gasteiger partial charge on any atom is -0.394 e. The molecule has 6 nitrogen and oxygen atoms in total. The van der Waals surface area contributed by atoms with Crippen LogP contribution >= 0.6 is 11.3 Å². The van der Waals surface area contributed by atoms with Crippen molar-refractivity contribution in [2.24, 2.45) is 0 Å². The van der Waals surface area contributed by atoms with E-state index in [1.54, 1.807) is 5.51 Å². The molecule has 156 valence electrons. The number of carbonyl (C=O) groups excluding carboxylic acids is 1. The van der Waals surface area contributed by atoms with Gasteiger partial charge >= 0.3 is 0 Å². The average Bonchev–Trinajstić information content (AvgIpc) is 3.37. The highest BCUT2D eigenvalue weighted by atomic mass is 32.1. The molecule has 0 saturated heterocycles. The van der Waals surface area contributed by atoms with E-state index in [1.807, 2.05) is 51.4 Å². The van der Waals surface area contributed by atoms with Crippen LogP contribution in [0.25, 0.3) is 21.6 Å². The Labute approximate surface area is 180 Å². The predicted octanol–water partition coefficient (Wildman–Crippen LogP) is 4.26. The van der Waals surface area contributed by atoms with Gasteiger partial charge in [-0.2, -0.15) is 0 Å². The number of hydrogen-bond donors (Lipinski definition) is 3. The second-order valence-corrected chi connectivity index (χ2v) is 9.32. The van der Waals surface area contributed by atoms with Gasteiger partial charge in [-0.15, -0.1) is 11.3 Å². The molecule has 0 spiro atoms. The lowest BCUT2D eigenvalue weighted by molar-refractivity contribution is 0.0951. The smallest absolute Gasteiger partial charge is 0.251 e. The maximum Gasteiger partial charge on any atom is 0.251 e. The molecule has 1 aliphatic rings. The number of aromatic nitrogens is 2. The van der Waals surface area contributed by atoms with E-state index in [1.165, 1.54) is 11.3 Å². The molecule has 0 bridgehead atoms. The normalized spacial score (nSPS) is 13.9. The lowest BCUT2D eigenvalue weighted by Crippen LogP contribution is -2.35. The van der Waals surface area contributed by atoms with Gasteiger partial charge in [0.1, 0.15) is 5.82 Å². The van der Waals surface area contributed by atoms with Crippen molar-refractivity contribution in [1.29, 1.82) is 0 Å². The second kappa shape index (κ2) is 8.16. The van der Waals surface area contributed by atoms with E-state index in [2.05, 4.69) is 26.7 Å². The minimum absolute atomic E-state index is 0.0180. The number of aryl methyl sites for hydroxylation is 1. The molecule has 0 atom stereocenters. The number of pyridine rings is 1. The summed E-state index contributed by atoms with van der Waals surface area (Å²) in [6.45, 7) is 5.86. The SMILES string of the molecule is Cc1ccc(C(=O)NC2CC2)cc1-c1cnc(NC(C)(C)CO)c(-c2cncs2)c1. The molecule has 1 fully saturated rings. The summed E-state index contributed by atoms with van der Waals surface area (Å²) < 4.78 is 0. The Kier molecular flexibility index (Phi) is 5.58. The van der Waals surface area contributed by atoms with Crippen LogP contribution in [0.3, 0.4) is 0 Å². The first-order valence-corrected chi connectivity index (χ1v) is 10.9. The third-order valence-corrected chi connectivity index (χ3v) is 5.97. The first-order valence-electron chi connectivity index (χ1n) is 10.1. The fraction of sp³-hybridized carbons (Fsp3) is 0.348. The van der Waals surface area contributed by atoms with Crippen molar-refractivity contribution in [3.63, 3.8) is 0 Å². The molecule has 3 aromatic rings. The van der Waals surface area contributed by atoms with Gasteiger partial charge < -0.3 is 15.7 Å². The molecule has 3 N–H and O–H groups in total. The van der Waals surface area contributed by atoms with Gasteiger partial charge in [-0.1, -0.05) is 6.07 Å². The number of nitrogens with one attached hydrogen (secondary N) is 2. The van der Waals surface area contributed by atoms with Crippen molar-refractivity contribution in [3.8, 4) is 21.6 Å². The number of hydrogen-bond acceptors (Lipinski definition) is 6. The highest BCUT2D eigenvalue weighted by Crippen LogP contribution is 2.35. The topological polar surface area (TPSA) is 87.1 Å². The first kappa shape index (κ1) is 20.5. The summed E-state index contributed by atoms with van der Waals surface area (Å²) in [7, 11) is 0. The molecule has 0 aliphatic heterocycles. The lowest BCUT2D eigenvalue weighted by Gasteiger charge is -2.25. The number of amides is 1. The molecule has 7 heteroatoms. The molecular formula is C23H26N4O2S. The number of rotatable bonds is 7. The summed E-state index contributed by atoms with van der Waals surface area (Å²) in [6.07, 6.45) is 5.75. The van der Waals surface area contributed by atoms with Crippen molar-refractivity contribution >= 4 is 23.1 Å². The largest absolute Gasteiger partial charge is 0.394 e. The Morgan fingerprint density at radius 3 is 2.70 bits per heavy atom. The average molecular weight is 423 g/mol. The van der Waals surface area contributed by atoms with Crippen LogP contribution < -0.4 is 10.6 Å². The van der Waals surface area contributed by atoms with Crippen LogP contribution in [0.4, 0.5) is 5.82 Å². The van der Waals surface area contributed by atoms with Crippen LogP contribution in [-0.4, -0.2) is 39.2 Å². The summed E-state index contributed by atoms with van der Waals surface area (Å²) in [6, 6.07) is 8.17. The fourth-order valence-corrected chi connectivity index (χ4v) is 3.82. The highest BCUT2D eigenvalue weighted by molar-refractivity contribution is 7.13. The maximum absolute atomic E-state index is 12.5. The van der Waals surface area contributed by atoms with E-state index in [0.29, 0.717) is 17.4 Å². The number of nitrogens with zero attached hydrogens (tertiary/aromatic N) is 2. The van der Waals surface area contributed by atoms with Gasteiger partial charge in [0.05, 0.1) is 22.5 Å². The highest BCUT2D eigenvalue weighted by Gasteiger charge is 2.24. The van der Waals surface area contributed by atoms with Gasteiger partial charge in [-0.3, -0.25) is 9.78 Å². The van der Waals surface area contributed by atoms with E-state index in [9.17, 15) is 9.90 Å². The standard InChI is InChI=1S/C23H26N4O2S/c1-14-4-5-15(22(29)26-17-6-7-17)8-18(14)16-9-19(20-11-24-13-30-20)21(25-10-16)27-23(2,3)12-28/h4-5,8-11,13,17,28H,6-7,12H2,1-3H3,(H,25,27)(H,26,29). The number of thiazole rings is 1. The minimum atomic E-state index is -0.509. The molecule has 2 aromatic heterocycles. The monoisotopic (exact) mass is 422 g/mol. The molecule has 1 amide bonds. The molecule has 0 radical (unpaired) electrons. The van der Waals surface area contributed by atoms with Crippen LogP contribution in [0.15, 0.2) is 42.2 Å². The Bertz CT molecular complexity index is 1060. The molecule has 1 saturated carbocycles. The summed E-state index contributed by atoms with van der Waals surface area (Å²) in [4.78, 5) is 22.4.